The number of hydrogen-bond donors (Lipinski definition) is 2. The molecule has 8 nitrogen and oxygen atoms in total. The Morgan fingerprint density at radius 2 is 2.03 bits per heavy atom. The Hall–Kier alpha value is -2.31. The number of aromatic nitrogens is 2. The third kappa shape index (κ3) is 7.40. The SMILES string of the molecule is CCNC(=NCc1cc2c(cc1OC(F)F)OCO2)NCCCCn1ccnc1C.I. The number of aliphatic imine (C=N–C) groups is 1. The highest BCUT2D eigenvalue weighted by Crippen LogP contribution is 2.39. The minimum absolute atomic E-state index is 0. The summed E-state index contributed by atoms with van der Waals surface area (Å²) in [5.74, 6) is 2.52. The zero-order valence-corrected chi connectivity index (χ0v) is 19.9. The summed E-state index contributed by atoms with van der Waals surface area (Å²) in [5, 5.41) is 6.43. The molecule has 0 fully saturated rings. The molecule has 11 heteroatoms. The second-order valence-electron chi connectivity index (χ2n) is 6.69. The first-order chi connectivity index (χ1) is 14.6. The van der Waals surface area contributed by atoms with E-state index in [9.17, 15) is 8.78 Å². The number of nitrogens with one attached hydrogen (secondary N) is 2. The molecule has 0 bridgehead atoms. The van der Waals surface area contributed by atoms with Gasteiger partial charge in [-0.25, -0.2) is 9.98 Å². The molecule has 0 atom stereocenters. The first kappa shape index (κ1) is 25.0. The highest BCUT2D eigenvalue weighted by Gasteiger charge is 2.20. The molecule has 2 heterocycles. The van der Waals surface area contributed by atoms with Crippen LogP contribution in [0.5, 0.6) is 17.2 Å². The lowest BCUT2D eigenvalue weighted by Gasteiger charge is -2.13. The Balaban J connectivity index is 0.00000341. The van der Waals surface area contributed by atoms with Crippen LogP contribution >= 0.6 is 24.0 Å². The third-order valence-corrected chi connectivity index (χ3v) is 4.57. The zero-order valence-electron chi connectivity index (χ0n) is 17.6. The fourth-order valence-corrected chi connectivity index (χ4v) is 3.05. The Bertz CT molecular complexity index is 863. The molecule has 0 saturated heterocycles. The van der Waals surface area contributed by atoms with Gasteiger partial charge >= 0.3 is 6.61 Å². The molecular formula is C20H28F2IN5O3. The lowest BCUT2D eigenvalue weighted by Crippen LogP contribution is -2.37. The van der Waals surface area contributed by atoms with Gasteiger partial charge in [-0.2, -0.15) is 8.78 Å². The van der Waals surface area contributed by atoms with Gasteiger partial charge in [0.25, 0.3) is 0 Å². The monoisotopic (exact) mass is 551 g/mol. The van der Waals surface area contributed by atoms with E-state index in [2.05, 4.69) is 29.9 Å². The van der Waals surface area contributed by atoms with Gasteiger partial charge in [-0.3, -0.25) is 0 Å². The highest BCUT2D eigenvalue weighted by molar-refractivity contribution is 14.0. The molecule has 0 amide bonds. The molecule has 0 unspecified atom stereocenters. The topological polar surface area (TPSA) is 81.9 Å². The van der Waals surface area contributed by atoms with Crippen LogP contribution < -0.4 is 24.8 Å². The number of halogens is 3. The number of unbranched alkanes of at least 4 members (excludes halogenated alkanes) is 1. The molecule has 1 aliphatic heterocycles. The lowest BCUT2D eigenvalue weighted by atomic mass is 10.1. The summed E-state index contributed by atoms with van der Waals surface area (Å²) in [6.07, 6.45) is 5.72. The molecule has 1 aromatic heterocycles. The summed E-state index contributed by atoms with van der Waals surface area (Å²) in [6, 6.07) is 3.04. The van der Waals surface area contributed by atoms with Gasteiger partial charge in [-0.15, -0.1) is 24.0 Å². The normalized spacial score (nSPS) is 12.6. The van der Waals surface area contributed by atoms with Gasteiger partial charge < -0.3 is 29.4 Å². The Labute approximate surface area is 197 Å². The number of nitrogens with zero attached hydrogens (tertiary/aromatic N) is 3. The van der Waals surface area contributed by atoms with Gasteiger partial charge in [-0.1, -0.05) is 0 Å². The molecule has 1 aromatic carbocycles. The number of ether oxygens (including phenoxy) is 3. The van der Waals surface area contributed by atoms with E-state index < -0.39 is 6.61 Å². The van der Waals surface area contributed by atoms with Crippen LogP contribution in [0.4, 0.5) is 8.78 Å². The van der Waals surface area contributed by atoms with Gasteiger partial charge in [0, 0.05) is 43.7 Å². The van der Waals surface area contributed by atoms with Crippen molar-refractivity contribution in [1.82, 2.24) is 20.2 Å². The molecule has 31 heavy (non-hydrogen) atoms. The van der Waals surface area contributed by atoms with Crippen molar-refractivity contribution in [1.29, 1.82) is 0 Å². The summed E-state index contributed by atoms with van der Waals surface area (Å²) >= 11 is 0. The first-order valence-electron chi connectivity index (χ1n) is 9.94. The predicted molar refractivity (Wildman–Crippen MR) is 124 cm³/mol. The molecule has 0 aliphatic carbocycles. The molecule has 0 spiro atoms. The van der Waals surface area contributed by atoms with Gasteiger partial charge in [-0.05, 0) is 32.8 Å². The molecule has 0 radical (unpaired) electrons. The summed E-state index contributed by atoms with van der Waals surface area (Å²) in [5.41, 5.74) is 0.493. The number of rotatable bonds is 10. The lowest BCUT2D eigenvalue weighted by molar-refractivity contribution is -0.0505. The summed E-state index contributed by atoms with van der Waals surface area (Å²) in [6.45, 7) is 3.55. The van der Waals surface area contributed by atoms with Crippen LogP contribution in [0.25, 0.3) is 0 Å². The molecule has 1 aliphatic rings. The van der Waals surface area contributed by atoms with Crippen LogP contribution in [0, 0.1) is 6.92 Å². The van der Waals surface area contributed by atoms with Gasteiger partial charge in [0.05, 0.1) is 6.54 Å². The van der Waals surface area contributed by atoms with Crippen molar-refractivity contribution in [3.8, 4) is 17.2 Å². The quantitative estimate of drug-likeness (QED) is 0.203. The van der Waals surface area contributed by atoms with E-state index in [4.69, 9.17) is 9.47 Å². The van der Waals surface area contributed by atoms with E-state index in [1.807, 2.05) is 20.0 Å². The standard InChI is InChI=1S/C20H27F2N5O3.HI/c1-3-23-20(25-6-4-5-8-27-9-7-24-14(27)2)26-12-15-10-17-18(29-13-28-17)11-16(15)30-19(21)22;/h7,9-11,19H,3-6,8,12-13H2,1-2H3,(H2,23,25,26);1H. The third-order valence-electron chi connectivity index (χ3n) is 4.57. The van der Waals surface area contributed by atoms with Crippen LogP contribution in [-0.4, -0.2) is 42.0 Å². The van der Waals surface area contributed by atoms with E-state index in [-0.39, 0.29) is 43.1 Å². The summed E-state index contributed by atoms with van der Waals surface area (Å²) in [4.78, 5) is 8.71. The fourth-order valence-electron chi connectivity index (χ4n) is 3.05. The minimum atomic E-state index is -2.93. The Kier molecular flexibility index (Phi) is 10.1. The van der Waals surface area contributed by atoms with E-state index in [0.29, 0.717) is 29.6 Å². The van der Waals surface area contributed by atoms with Crippen LogP contribution in [0.1, 0.15) is 31.2 Å². The number of benzene rings is 1. The van der Waals surface area contributed by atoms with Crippen molar-refractivity contribution in [3.05, 3.63) is 35.9 Å². The maximum atomic E-state index is 12.8. The van der Waals surface area contributed by atoms with Crippen LogP contribution in [-0.2, 0) is 13.1 Å². The van der Waals surface area contributed by atoms with Crippen molar-refractivity contribution >= 4 is 29.9 Å². The van der Waals surface area contributed by atoms with Crippen molar-refractivity contribution < 1.29 is 23.0 Å². The highest BCUT2D eigenvalue weighted by atomic mass is 127. The fraction of sp³-hybridized carbons (Fsp3) is 0.500. The molecular weight excluding hydrogens is 523 g/mol. The molecule has 0 saturated carbocycles. The van der Waals surface area contributed by atoms with Gasteiger partial charge in [0.1, 0.15) is 11.6 Å². The zero-order chi connectivity index (χ0) is 21.3. The van der Waals surface area contributed by atoms with Crippen molar-refractivity contribution in [3.63, 3.8) is 0 Å². The van der Waals surface area contributed by atoms with Crippen molar-refractivity contribution in [2.24, 2.45) is 4.99 Å². The van der Waals surface area contributed by atoms with Gasteiger partial charge in [0.2, 0.25) is 6.79 Å². The average molecular weight is 551 g/mol. The number of aryl methyl sites for hydroxylation is 2. The van der Waals surface area contributed by atoms with Crippen LogP contribution in [0.3, 0.4) is 0 Å². The maximum Gasteiger partial charge on any atom is 0.387 e. The molecule has 3 rings (SSSR count). The number of imidazole rings is 1. The van der Waals surface area contributed by atoms with Crippen LogP contribution in [0.2, 0.25) is 0 Å². The molecule has 2 N–H and O–H groups in total. The van der Waals surface area contributed by atoms with Crippen molar-refractivity contribution in [2.75, 3.05) is 19.9 Å². The first-order valence-corrected chi connectivity index (χ1v) is 9.94. The van der Waals surface area contributed by atoms with Crippen LogP contribution in [0.15, 0.2) is 29.5 Å². The second kappa shape index (κ2) is 12.5. The van der Waals surface area contributed by atoms with E-state index in [1.54, 1.807) is 12.3 Å². The predicted octanol–water partition coefficient (Wildman–Crippen LogP) is 3.68. The van der Waals surface area contributed by atoms with E-state index >= 15 is 0 Å². The summed E-state index contributed by atoms with van der Waals surface area (Å²) in [7, 11) is 0. The molecule has 172 valence electrons. The summed E-state index contributed by atoms with van der Waals surface area (Å²) < 4.78 is 42.9. The van der Waals surface area contributed by atoms with E-state index in [1.165, 1.54) is 6.07 Å². The smallest absolute Gasteiger partial charge is 0.387 e. The largest absolute Gasteiger partial charge is 0.454 e. The number of alkyl halides is 2. The number of guanidine groups is 1. The molecule has 2 aromatic rings. The van der Waals surface area contributed by atoms with Crippen molar-refractivity contribution in [2.45, 2.75) is 46.4 Å². The average Bonchev–Trinajstić information content (AvgIpc) is 3.33. The second-order valence-corrected chi connectivity index (χ2v) is 6.69. The van der Waals surface area contributed by atoms with E-state index in [0.717, 1.165) is 31.8 Å². The Morgan fingerprint density at radius 3 is 2.71 bits per heavy atom. The Morgan fingerprint density at radius 1 is 1.26 bits per heavy atom. The minimum Gasteiger partial charge on any atom is -0.454 e. The number of hydrogen-bond acceptors (Lipinski definition) is 5. The van der Waals surface area contributed by atoms with Gasteiger partial charge in [0.15, 0.2) is 17.5 Å². The maximum absolute atomic E-state index is 12.8. The number of fused-ring (bicyclic) bond motifs is 1.